The number of amides is 1. The minimum absolute atomic E-state index is 0. The zero-order valence-electron chi connectivity index (χ0n) is 12.3. The fourth-order valence-electron chi connectivity index (χ4n) is 1.75. The van der Waals surface area contributed by atoms with Crippen molar-refractivity contribution in [3.63, 3.8) is 0 Å². The first kappa shape index (κ1) is 18.1. The second kappa shape index (κ2) is 9.14. The molecule has 0 aliphatic carbocycles. The lowest BCUT2D eigenvalue weighted by atomic mass is 10.2. The monoisotopic (exact) mass is 325 g/mol. The van der Waals surface area contributed by atoms with Crippen LogP contribution in [-0.2, 0) is 16.1 Å². The molecule has 120 valence electrons. The molecular weight excluding hydrogens is 306 g/mol. The van der Waals surface area contributed by atoms with Gasteiger partial charge in [-0.05, 0) is 31.2 Å². The molecule has 2 rings (SSSR count). The molecule has 1 aromatic carbocycles. The number of H-pyrrole nitrogens is 1. The minimum atomic E-state index is -0.0699. The summed E-state index contributed by atoms with van der Waals surface area (Å²) in [7, 11) is 0. The molecule has 0 spiro atoms. The van der Waals surface area contributed by atoms with Gasteiger partial charge < -0.3 is 15.8 Å². The number of aromatic amines is 1. The number of ether oxygens (including phenoxy) is 1. The van der Waals surface area contributed by atoms with Crippen LogP contribution >= 0.6 is 12.4 Å². The van der Waals surface area contributed by atoms with E-state index in [1.807, 2.05) is 31.2 Å². The van der Waals surface area contributed by atoms with Gasteiger partial charge in [0.15, 0.2) is 5.82 Å². The number of hydrogen-bond acceptors (Lipinski definition) is 5. The van der Waals surface area contributed by atoms with E-state index >= 15 is 0 Å². The zero-order valence-corrected chi connectivity index (χ0v) is 13.2. The topological polar surface area (TPSA) is 106 Å². The molecule has 22 heavy (non-hydrogen) atoms. The van der Waals surface area contributed by atoms with Gasteiger partial charge in [0.2, 0.25) is 5.91 Å². The Bertz CT molecular complexity index is 585. The summed E-state index contributed by atoms with van der Waals surface area (Å²) in [5.41, 5.74) is 7.07. The molecule has 0 saturated carbocycles. The highest BCUT2D eigenvalue weighted by molar-refractivity contribution is 5.90. The van der Waals surface area contributed by atoms with Gasteiger partial charge in [0.1, 0.15) is 5.82 Å². The molecular formula is C14H20ClN5O2. The van der Waals surface area contributed by atoms with E-state index in [0.717, 1.165) is 11.3 Å². The lowest BCUT2D eigenvalue weighted by molar-refractivity contribution is -0.117. The summed E-state index contributed by atoms with van der Waals surface area (Å²) in [5, 5.41) is 9.65. The lowest BCUT2D eigenvalue weighted by Crippen LogP contribution is -2.14. The summed E-state index contributed by atoms with van der Waals surface area (Å²) in [5.74, 6) is 1.16. The van der Waals surface area contributed by atoms with E-state index in [4.69, 9.17) is 10.5 Å². The van der Waals surface area contributed by atoms with Gasteiger partial charge in [0.25, 0.3) is 0 Å². The van der Waals surface area contributed by atoms with Crippen LogP contribution in [0.25, 0.3) is 11.4 Å². The Morgan fingerprint density at radius 2 is 2.09 bits per heavy atom. The average Bonchev–Trinajstić information content (AvgIpc) is 2.97. The third-order valence-electron chi connectivity index (χ3n) is 2.83. The third kappa shape index (κ3) is 5.10. The number of aromatic nitrogens is 3. The van der Waals surface area contributed by atoms with Crippen LogP contribution in [0, 0.1) is 0 Å². The number of halogens is 1. The van der Waals surface area contributed by atoms with Crippen molar-refractivity contribution in [1.29, 1.82) is 0 Å². The number of hydrogen-bond donors (Lipinski definition) is 3. The van der Waals surface area contributed by atoms with Crippen LogP contribution in [0.5, 0.6) is 0 Å². The Balaban J connectivity index is 0.00000242. The van der Waals surface area contributed by atoms with Crippen LogP contribution in [0.15, 0.2) is 24.3 Å². The Labute approximate surface area is 135 Å². The van der Waals surface area contributed by atoms with E-state index in [-0.39, 0.29) is 18.3 Å². The maximum absolute atomic E-state index is 11.6. The fourth-order valence-corrected chi connectivity index (χ4v) is 1.75. The molecule has 1 amide bonds. The van der Waals surface area contributed by atoms with Crippen molar-refractivity contribution in [3.8, 4) is 11.4 Å². The standard InChI is InChI=1S/C14H19N5O2.ClH/c1-2-21-8-7-13(20)16-11-5-3-10(4-6-11)14-17-12(9-15)18-19-14;/h3-6H,2,7-9,15H2,1H3,(H,16,20)(H,17,18,19);1H. The van der Waals surface area contributed by atoms with Crippen molar-refractivity contribution in [2.75, 3.05) is 18.5 Å². The summed E-state index contributed by atoms with van der Waals surface area (Å²) in [6.07, 6.45) is 0.344. The second-order valence-corrected chi connectivity index (χ2v) is 4.38. The number of nitrogens with one attached hydrogen (secondary N) is 2. The molecule has 7 nitrogen and oxygen atoms in total. The fraction of sp³-hybridized carbons (Fsp3) is 0.357. The number of carbonyl (C=O) groups excluding carboxylic acids is 1. The van der Waals surface area contributed by atoms with Crippen LogP contribution in [0.1, 0.15) is 19.2 Å². The van der Waals surface area contributed by atoms with Crippen LogP contribution in [-0.4, -0.2) is 34.3 Å². The quantitative estimate of drug-likeness (QED) is 0.672. The van der Waals surface area contributed by atoms with Gasteiger partial charge in [0, 0.05) is 17.9 Å². The second-order valence-electron chi connectivity index (χ2n) is 4.38. The average molecular weight is 326 g/mol. The van der Waals surface area contributed by atoms with E-state index in [1.54, 1.807) is 0 Å². The highest BCUT2D eigenvalue weighted by Gasteiger charge is 2.06. The Morgan fingerprint density at radius 1 is 1.36 bits per heavy atom. The number of carbonyl (C=O) groups is 1. The first-order chi connectivity index (χ1) is 10.2. The molecule has 0 fully saturated rings. The molecule has 0 saturated heterocycles. The maximum Gasteiger partial charge on any atom is 0.226 e. The number of nitrogens with two attached hydrogens (primary N) is 1. The van der Waals surface area contributed by atoms with E-state index in [2.05, 4.69) is 20.5 Å². The first-order valence-corrected chi connectivity index (χ1v) is 6.82. The molecule has 2 aromatic rings. The van der Waals surface area contributed by atoms with Gasteiger partial charge in [-0.3, -0.25) is 9.89 Å². The summed E-state index contributed by atoms with van der Waals surface area (Å²) in [4.78, 5) is 15.9. The van der Waals surface area contributed by atoms with Gasteiger partial charge in [-0.25, -0.2) is 4.98 Å². The smallest absolute Gasteiger partial charge is 0.226 e. The van der Waals surface area contributed by atoms with E-state index in [0.29, 0.717) is 37.8 Å². The minimum Gasteiger partial charge on any atom is -0.381 e. The Morgan fingerprint density at radius 3 is 2.68 bits per heavy atom. The predicted octanol–water partition coefficient (Wildman–Crippen LogP) is 1.72. The molecule has 1 heterocycles. The predicted molar refractivity (Wildman–Crippen MR) is 86.7 cm³/mol. The zero-order chi connectivity index (χ0) is 15.1. The van der Waals surface area contributed by atoms with Crippen molar-refractivity contribution in [2.45, 2.75) is 19.9 Å². The number of nitrogens with zero attached hydrogens (tertiary/aromatic N) is 2. The van der Waals surface area contributed by atoms with Crippen LogP contribution in [0.4, 0.5) is 5.69 Å². The molecule has 1 aromatic heterocycles. The van der Waals surface area contributed by atoms with Crippen molar-refractivity contribution >= 4 is 24.0 Å². The molecule has 0 unspecified atom stereocenters. The van der Waals surface area contributed by atoms with Gasteiger partial charge in [-0.15, -0.1) is 12.4 Å². The molecule has 8 heteroatoms. The molecule has 0 aliphatic rings. The SMILES string of the molecule is CCOCCC(=O)Nc1ccc(-c2n[nH]c(CN)n2)cc1.Cl. The van der Waals surface area contributed by atoms with E-state index < -0.39 is 0 Å². The molecule has 0 atom stereocenters. The molecule has 4 N–H and O–H groups in total. The van der Waals surface area contributed by atoms with Crippen LogP contribution < -0.4 is 11.1 Å². The highest BCUT2D eigenvalue weighted by atomic mass is 35.5. The van der Waals surface area contributed by atoms with Crippen molar-refractivity contribution < 1.29 is 9.53 Å². The van der Waals surface area contributed by atoms with Crippen LogP contribution in [0.2, 0.25) is 0 Å². The number of rotatable bonds is 7. The van der Waals surface area contributed by atoms with Gasteiger partial charge in [0.05, 0.1) is 19.6 Å². The number of benzene rings is 1. The Kier molecular flexibility index (Phi) is 7.51. The molecule has 0 aliphatic heterocycles. The van der Waals surface area contributed by atoms with Crippen molar-refractivity contribution in [1.82, 2.24) is 15.2 Å². The summed E-state index contributed by atoms with van der Waals surface area (Å²) in [6, 6.07) is 7.32. The normalized spacial score (nSPS) is 10.1. The Hall–Kier alpha value is -1.96. The summed E-state index contributed by atoms with van der Waals surface area (Å²) in [6.45, 7) is 3.26. The lowest BCUT2D eigenvalue weighted by Gasteiger charge is -2.05. The molecule has 0 bridgehead atoms. The first-order valence-electron chi connectivity index (χ1n) is 6.82. The summed E-state index contributed by atoms with van der Waals surface area (Å²) < 4.78 is 5.14. The van der Waals surface area contributed by atoms with Gasteiger partial charge >= 0.3 is 0 Å². The van der Waals surface area contributed by atoms with Crippen molar-refractivity contribution in [2.24, 2.45) is 5.73 Å². The van der Waals surface area contributed by atoms with E-state index in [1.165, 1.54) is 0 Å². The van der Waals surface area contributed by atoms with Gasteiger partial charge in [-0.1, -0.05) is 0 Å². The highest BCUT2D eigenvalue weighted by Crippen LogP contribution is 2.17. The van der Waals surface area contributed by atoms with Gasteiger partial charge in [-0.2, -0.15) is 5.10 Å². The molecule has 0 radical (unpaired) electrons. The van der Waals surface area contributed by atoms with E-state index in [9.17, 15) is 4.79 Å². The third-order valence-corrected chi connectivity index (χ3v) is 2.83. The number of anilines is 1. The summed E-state index contributed by atoms with van der Waals surface area (Å²) >= 11 is 0. The maximum atomic E-state index is 11.6. The van der Waals surface area contributed by atoms with Crippen LogP contribution in [0.3, 0.4) is 0 Å². The largest absolute Gasteiger partial charge is 0.381 e. The van der Waals surface area contributed by atoms with Crippen molar-refractivity contribution in [3.05, 3.63) is 30.1 Å².